The van der Waals surface area contributed by atoms with E-state index in [4.69, 9.17) is 4.74 Å². The Balaban J connectivity index is 2.27. The lowest BCUT2D eigenvalue weighted by molar-refractivity contribution is 0.0460. The maximum Gasteiger partial charge on any atom is 0.173 e. The van der Waals surface area contributed by atoms with Crippen LogP contribution in [0.1, 0.15) is 23.2 Å². The lowest BCUT2D eigenvalue weighted by Crippen LogP contribution is -2.25. The highest BCUT2D eigenvalue weighted by Crippen LogP contribution is 2.27. The minimum absolute atomic E-state index is 0.104. The third-order valence-corrected chi connectivity index (χ3v) is 3.61. The topological polar surface area (TPSA) is 26.3 Å². The van der Waals surface area contributed by atoms with Crippen molar-refractivity contribution in [3.63, 3.8) is 0 Å². The second-order valence-electron chi connectivity index (χ2n) is 4.00. The van der Waals surface area contributed by atoms with Crippen molar-refractivity contribution < 1.29 is 18.3 Å². The Hall–Kier alpha value is -0.810. The molecule has 0 bridgehead atoms. The Kier molecular flexibility index (Phi) is 3.89. The zero-order chi connectivity index (χ0) is 12.4. The van der Waals surface area contributed by atoms with Crippen molar-refractivity contribution in [2.75, 3.05) is 13.2 Å². The highest BCUT2D eigenvalue weighted by atomic mass is 79.9. The van der Waals surface area contributed by atoms with Crippen molar-refractivity contribution in [3.8, 4) is 0 Å². The SMILES string of the molecule is O=C(c1ccc(F)c(F)c1Br)C1CCCOC1. The van der Waals surface area contributed by atoms with E-state index < -0.39 is 11.6 Å². The molecule has 1 aliphatic heterocycles. The number of benzene rings is 1. The van der Waals surface area contributed by atoms with Crippen LogP contribution in [0, 0.1) is 17.6 Å². The van der Waals surface area contributed by atoms with Crippen LogP contribution < -0.4 is 0 Å². The minimum Gasteiger partial charge on any atom is -0.381 e. The lowest BCUT2D eigenvalue weighted by atomic mass is 9.93. The molecule has 92 valence electrons. The third kappa shape index (κ3) is 2.55. The molecule has 1 unspecified atom stereocenters. The van der Waals surface area contributed by atoms with Gasteiger partial charge in [0.05, 0.1) is 11.1 Å². The van der Waals surface area contributed by atoms with Gasteiger partial charge in [-0.05, 0) is 40.9 Å². The molecule has 0 N–H and O–H groups in total. The maximum absolute atomic E-state index is 13.3. The van der Waals surface area contributed by atoms with Crippen molar-refractivity contribution in [2.24, 2.45) is 5.92 Å². The number of carbonyl (C=O) groups excluding carboxylic acids is 1. The fraction of sp³-hybridized carbons (Fsp3) is 0.417. The van der Waals surface area contributed by atoms with Crippen molar-refractivity contribution in [2.45, 2.75) is 12.8 Å². The van der Waals surface area contributed by atoms with E-state index in [0.29, 0.717) is 13.2 Å². The molecule has 1 aliphatic rings. The summed E-state index contributed by atoms with van der Waals surface area (Å²) in [6.07, 6.45) is 1.54. The van der Waals surface area contributed by atoms with Gasteiger partial charge in [-0.15, -0.1) is 0 Å². The fourth-order valence-corrected chi connectivity index (χ4v) is 2.40. The second kappa shape index (κ2) is 5.23. The standard InChI is InChI=1S/C12H11BrF2O2/c13-10-8(3-4-9(14)11(10)15)12(16)7-2-1-5-17-6-7/h3-4,7H,1-2,5-6H2. The molecule has 1 aromatic rings. The molecule has 0 saturated carbocycles. The van der Waals surface area contributed by atoms with Crippen LogP contribution in [0.15, 0.2) is 16.6 Å². The molecule has 0 amide bonds. The van der Waals surface area contributed by atoms with Gasteiger partial charge in [-0.3, -0.25) is 4.79 Å². The average Bonchev–Trinajstić information content (AvgIpc) is 2.36. The van der Waals surface area contributed by atoms with Crippen LogP contribution in [0.3, 0.4) is 0 Å². The quantitative estimate of drug-likeness (QED) is 0.619. The molecule has 1 heterocycles. The van der Waals surface area contributed by atoms with Gasteiger partial charge in [0.25, 0.3) is 0 Å². The molecule has 2 nitrogen and oxygen atoms in total. The summed E-state index contributed by atoms with van der Waals surface area (Å²) in [6.45, 7) is 1.01. The molecule has 0 aromatic heterocycles. The average molecular weight is 305 g/mol. The summed E-state index contributed by atoms with van der Waals surface area (Å²) in [7, 11) is 0. The zero-order valence-corrected chi connectivity index (χ0v) is 10.6. The molecule has 1 fully saturated rings. The van der Waals surface area contributed by atoms with E-state index in [-0.39, 0.29) is 21.7 Å². The second-order valence-corrected chi connectivity index (χ2v) is 4.79. The smallest absolute Gasteiger partial charge is 0.173 e. The van der Waals surface area contributed by atoms with E-state index in [9.17, 15) is 13.6 Å². The molecule has 1 atom stereocenters. The summed E-state index contributed by atoms with van der Waals surface area (Å²) < 4.78 is 31.3. The maximum atomic E-state index is 13.3. The highest BCUT2D eigenvalue weighted by molar-refractivity contribution is 9.10. The highest BCUT2D eigenvalue weighted by Gasteiger charge is 2.26. The number of ether oxygens (including phenoxy) is 1. The van der Waals surface area contributed by atoms with Gasteiger partial charge in [0.2, 0.25) is 0 Å². The number of Topliss-reactive ketones (excluding diaryl/α,β-unsaturated/α-hetero) is 1. The first-order chi connectivity index (χ1) is 8.11. The van der Waals surface area contributed by atoms with Crippen molar-refractivity contribution in [1.29, 1.82) is 0 Å². The van der Waals surface area contributed by atoms with Gasteiger partial charge < -0.3 is 4.74 Å². The monoisotopic (exact) mass is 304 g/mol. The summed E-state index contributed by atoms with van der Waals surface area (Å²) >= 11 is 2.92. The molecule has 17 heavy (non-hydrogen) atoms. The van der Waals surface area contributed by atoms with Crippen LogP contribution in [0.5, 0.6) is 0 Å². The number of hydrogen-bond donors (Lipinski definition) is 0. The van der Waals surface area contributed by atoms with E-state index >= 15 is 0 Å². The Bertz CT molecular complexity index is 442. The van der Waals surface area contributed by atoms with Gasteiger partial charge in [0.15, 0.2) is 17.4 Å². The molecule has 5 heteroatoms. The van der Waals surface area contributed by atoms with Crippen LogP contribution in [0.2, 0.25) is 0 Å². The lowest BCUT2D eigenvalue weighted by Gasteiger charge is -2.21. The summed E-state index contributed by atoms with van der Waals surface area (Å²) in [4.78, 5) is 12.1. The number of ketones is 1. The molecule has 0 spiro atoms. The fourth-order valence-electron chi connectivity index (χ4n) is 1.88. The summed E-state index contributed by atoms with van der Waals surface area (Å²) in [5.74, 6) is -2.44. The molecule has 1 aromatic carbocycles. The minimum atomic E-state index is -1.02. The van der Waals surface area contributed by atoms with Crippen LogP contribution in [-0.4, -0.2) is 19.0 Å². The predicted molar refractivity (Wildman–Crippen MR) is 61.9 cm³/mol. The van der Waals surface area contributed by atoms with E-state index in [1.165, 1.54) is 6.07 Å². The Morgan fingerprint density at radius 2 is 2.18 bits per heavy atom. The Morgan fingerprint density at radius 3 is 2.82 bits per heavy atom. The summed E-state index contributed by atoms with van der Waals surface area (Å²) in [6, 6.07) is 2.27. The molecule has 1 saturated heterocycles. The summed E-state index contributed by atoms with van der Waals surface area (Å²) in [5.41, 5.74) is 0.180. The predicted octanol–water partition coefficient (Wildman–Crippen LogP) is 3.34. The zero-order valence-electron chi connectivity index (χ0n) is 9.01. The van der Waals surface area contributed by atoms with Gasteiger partial charge in [0, 0.05) is 18.1 Å². The number of hydrogen-bond acceptors (Lipinski definition) is 2. The molecule has 0 radical (unpaired) electrons. The van der Waals surface area contributed by atoms with Crippen molar-refractivity contribution in [3.05, 3.63) is 33.8 Å². The van der Waals surface area contributed by atoms with Gasteiger partial charge in [-0.25, -0.2) is 8.78 Å². The van der Waals surface area contributed by atoms with E-state index in [1.54, 1.807) is 0 Å². The van der Waals surface area contributed by atoms with Crippen LogP contribution in [0.4, 0.5) is 8.78 Å². The molecule has 2 rings (SSSR count). The molecular formula is C12H11BrF2O2. The number of rotatable bonds is 2. The number of halogens is 3. The van der Waals surface area contributed by atoms with Gasteiger partial charge in [0.1, 0.15) is 0 Å². The van der Waals surface area contributed by atoms with E-state index in [1.807, 2.05) is 0 Å². The van der Waals surface area contributed by atoms with E-state index in [2.05, 4.69) is 15.9 Å². The van der Waals surface area contributed by atoms with Gasteiger partial charge in [-0.1, -0.05) is 0 Å². The van der Waals surface area contributed by atoms with Crippen LogP contribution >= 0.6 is 15.9 Å². The Morgan fingerprint density at radius 1 is 1.41 bits per heavy atom. The molecule has 0 aliphatic carbocycles. The third-order valence-electron chi connectivity index (χ3n) is 2.83. The largest absolute Gasteiger partial charge is 0.381 e. The van der Waals surface area contributed by atoms with Crippen LogP contribution in [-0.2, 0) is 4.74 Å². The first-order valence-corrected chi connectivity index (χ1v) is 6.16. The van der Waals surface area contributed by atoms with Crippen molar-refractivity contribution >= 4 is 21.7 Å². The number of carbonyl (C=O) groups is 1. The van der Waals surface area contributed by atoms with Gasteiger partial charge in [-0.2, -0.15) is 0 Å². The summed E-state index contributed by atoms with van der Waals surface area (Å²) in [5, 5.41) is 0. The normalized spacial score (nSPS) is 20.3. The Labute approximate surface area is 106 Å². The first-order valence-electron chi connectivity index (χ1n) is 5.36. The first kappa shape index (κ1) is 12.6. The van der Waals surface area contributed by atoms with E-state index in [0.717, 1.165) is 18.9 Å². The van der Waals surface area contributed by atoms with Crippen LogP contribution in [0.25, 0.3) is 0 Å². The van der Waals surface area contributed by atoms with Gasteiger partial charge >= 0.3 is 0 Å². The molecular weight excluding hydrogens is 294 g/mol. The van der Waals surface area contributed by atoms with Crippen molar-refractivity contribution in [1.82, 2.24) is 0 Å².